The van der Waals surface area contributed by atoms with Gasteiger partial charge in [-0.3, -0.25) is 4.79 Å². The van der Waals surface area contributed by atoms with Gasteiger partial charge in [0.25, 0.3) is 11.8 Å². The van der Waals surface area contributed by atoms with E-state index in [1.807, 2.05) is 0 Å². The molecule has 4 N–H and O–H groups in total. The fourth-order valence-electron chi connectivity index (χ4n) is 3.98. The summed E-state index contributed by atoms with van der Waals surface area (Å²) < 4.78 is 26.9. The van der Waals surface area contributed by atoms with Crippen molar-refractivity contribution in [3.8, 4) is 45.2 Å². The standard InChI is InChI=1S/C28H25ClN6O6S/c1-37-17-7-5-6-14(10-17)26(36)31-15-8-9-19(29)18(11-15)25-34-27(41-35-25)23-24(30)33-28(42-23)32-16-12-20(38-2)22(40-4)21(13-16)39-3/h5-13H,30H2,1-4H3,(H,31,36)(H,32,33). The SMILES string of the molecule is COc1cccc(C(=O)Nc2ccc(Cl)c(-c3noc(-c4sc(Nc5cc(OC)c(OC)c(OC)c5)nc4N)n3)c2)c1. The number of nitrogen functional groups attached to an aromatic ring is 1. The molecule has 216 valence electrons. The molecule has 2 heterocycles. The number of carbonyl (C=O) groups is 1. The van der Waals surface area contributed by atoms with E-state index < -0.39 is 0 Å². The number of ether oxygens (including phenoxy) is 4. The Bertz CT molecular complexity index is 1730. The summed E-state index contributed by atoms with van der Waals surface area (Å²) in [6, 6.07) is 15.3. The number of carbonyl (C=O) groups excluding carboxylic acids is 1. The van der Waals surface area contributed by atoms with Crippen LogP contribution in [0.25, 0.3) is 22.2 Å². The zero-order chi connectivity index (χ0) is 29.8. The molecule has 0 saturated carbocycles. The minimum Gasteiger partial charge on any atom is -0.497 e. The number of halogens is 1. The van der Waals surface area contributed by atoms with Gasteiger partial charge in [0.15, 0.2) is 16.6 Å². The van der Waals surface area contributed by atoms with E-state index >= 15 is 0 Å². The van der Waals surface area contributed by atoms with Crippen LogP contribution in [0.2, 0.25) is 5.02 Å². The molecule has 0 spiro atoms. The number of nitrogens with one attached hydrogen (secondary N) is 2. The summed E-state index contributed by atoms with van der Waals surface area (Å²) >= 11 is 7.66. The molecule has 0 atom stereocenters. The van der Waals surface area contributed by atoms with E-state index in [0.717, 1.165) is 0 Å². The highest BCUT2D eigenvalue weighted by molar-refractivity contribution is 7.19. The molecule has 2 aromatic heterocycles. The van der Waals surface area contributed by atoms with Gasteiger partial charge in [-0.1, -0.05) is 34.2 Å². The maximum atomic E-state index is 12.8. The Morgan fingerprint density at radius 2 is 1.69 bits per heavy atom. The molecule has 5 aromatic rings. The second-order valence-corrected chi connectivity index (χ2v) is 9.98. The third kappa shape index (κ3) is 5.87. The lowest BCUT2D eigenvalue weighted by Gasteiger charge is -2.14. The van der Waals surface area contributed by atoms with Gasteiger partial charge in [-0.25, -0.2) is 4.98 Å². The van der Waals surface area contributed by atoms with E-state index in [1.54, 1.807) is 54.6 Å². The van der Waals surface area contributed by atoms with Crippen molar-refractivity contribution < 1.29 is 28.3 Å². The third-order valence-corrected chi connectivity index (χ3v) is 7.29. The Morgan fingerprint density at radius 1 is 0.929 bits per heavy atom. The molecule has 0 radical (unpaired) electrons. The van der Waals surface area contributed by atoms with Gasteiger partial charge in [0, 0.05) is 34.6 Å². The van der Waals surface area contributed by atoms with Gasteiger partial charge in [0.1, 0.15) is 16.4 Å². The van der Waals surface area contributed by atoms with Gasteiger partial charge >= 0.3 is 0 Å². The van der Waals surface area contributed by atoms with Gasteiger partial charge in [-0.2, -0.15) is 4.98 Å². The van der Waals surface area contributed by atoms with E-state index in [4.69, 9.17) is 40.8 Å². The van der Waals surface area contributed by atoms with Crippen molar-refractivity contribution in [1.82, 2.24) is 15.1 Å². The van der Waals surface area contributed by atoms with Crippen LogP contribution in [0.1, 0.15) is 10.4 Å². The van der Waals surface area contributed by atoms with Crippen molar-refractivity contribution >= 4 is 51.2 Å². The number of rotatable bonds is 10. The zero-order valence-electron chi connectivity index (χ0n) is 22.9. The molecule has 12 nitrogen and oxygen atoms in total. The molecule has 5 rings (SSSR count). The maximum absolute atomic E-state index is 12.8. The van der Waals surface area contributed by atoms with Crippen LogP contribution in [0.15, 0.2) is 59.1 Å². The molecule has 0 fully saturated rings. The van der Waals surface area contributed by atoms with Crippen LogP contribution >= 0.6 is 22.9 Å². The molecular weight excluding hydrogens is 584 g/mol. The maximum Gasteiger partial charge on any atom is 0.272 e. The fourth-order valence-corrected chi connectivity index (χ4v) is 5.01. The van der Waals surface area contributed by atoms with Gasteiger partial charge < -0.3 is 39.8 Å². The van der Waals surface area contributed by atoms with Gasteiger partial charge in [0.2, 0.25) is 11.6 Å². The lowest BCUT2D eigenvalue weighted by atomic mass is 10.1. The van der Waals surface area contributed by atoms with Gasteiger partial charge in [0.05, 0.1) is 33.5 Å². The van der Waals surface area contributed by atoms with E-state index in [1.165, 1.54) is 39.8 Å². The molecule has 0 bridgehead atoms. The van der Waals surface area contributed by atoms with E-state index in [2.05, 4.69) is 25.8 Å². The number of aromatic nitrogens is 3. The number of hydrogen-bond donors (Lipinski definition) is 3. The highest BCUT2D eigenvalue weighted by atomic mass is 35.5. The molecule has 0 unspecified atom stereocenters. The van der Waals surface area contributed by atoms with Crippen LogP contribution in [-0.4, -0.2) is 49.5 Å². The van der Waals surface area contributed by atoms with Crippen LogP contribution in [0, 0.1) is 0 Å². The first-order valence-corrected chi connectivity index (χ1v) is 13.5. The molecule has 0 aliphatic carbocycles. The summed E-state index contributed by atoms with van der Waals surface area (Å²) in [4.78, 5) is 22.1. The number of thiazole rings is 1. The highest BCUT2D eigenvalue weighted by Gasteiger charge is 2.21. The van der Waals surface area contributed by atoms with Crippen LogP contribution in [-0.2, 0) is 0 Å². The molecule has 42 heavy (non-hydrogen) atoms. The van der Waals surface area contributed by atoms with Crippen molar-refractivity contribution in [3.05, 3.63) is 65.2 Å². The Balaban J connectivity index is 1.37. The van der Waals surface area contributed by atoms with E-state index in [0.29, 0.717) is 60.5 Å². The van der Waals surface area contributed by atoms with Gasteiger partial charge in [-0.05, 0) is 36.4 Å². The first-order valence-electron chi connectivity index (χ1n) is 12.3. The van der Waals surface area contributed by atoms with Crippen LogP contribution in [0.5, 0.6) is 23.0 Å². The minimum absolute atomic E-state index is 0.153. The van der Waals surface area contributed by atoms with Gasteiger partial charge in [-0.15, -0.1) is 0 Å². The molecule has 3 aromatic carbocycles. The quantitative estimate of drug-likeness (QED) is 0.168. The molecule has 0 aliphatic heterocycles. The second-order valence-electron chi connectivity index (χ2n) is 8.58. The van der Waals surface area contributed by atoms with Crippen molar-refractivity contribution in [1.29, 1.82) is 0 Å². The Labute approximate surface area is 249 Å². The first kappa shape index (κ1) is 28.5. The topological polar surface area (TPSA) is 156 Å². The van der Waals surface area contributed by atoms with Crippen LogP contribution in [0.3, 0.4) is 0 Å². The monoisotopic (exact) mass is 608 g/mol. The third-order valence-electron chi connectivity index (χ3n) is 5.99. The summed E-state index contributed by atoms with van der Waals surface area (Å²) in [6.07, 6.45) is 0. The number of nitrogens with zero attached hydrogens (tertiary/aromatic N) is 3. The fraction of sp³-hybridized carbons (Fsp3) is 0.143. The summed E-state index contributed by atoms with van der Waals surface area (Å²) in [7, 11) is 6.13. The van der Waals surface area contributed by atoms with Crippen molar-refractivity contribution in [2.24, 2.45) is 0 Å². The number of hydrogen-bond acceptors (Lipinski definition) is 12. The molecule has 14 heteroatoms. The average molecular weight is 609 g/mol. The number of benzene rings is 3. The average Bonchev–Trinajstić information content (AvgIpc) is 3.63. The Kier molecular flexibility index (Phi) is 8.31. The highest BCUT2D eigenvalue weighted by Crippen LogP contribution is 2.42. The van der Waals surface area contributed by atoms with E-state index in [-0.39, 0.29) is 23.4 Å². The summed E-state index contributed by atoms with van der Waals surface area (Å²) in [6.45, 7) is 0. The molecular formula is C28H25ClN6O6S. The van der Waals surface area contributed by atoms with Crippen molar-refractivity contribution in [2.75, 3.05) is 44.8 Å². The normalized spacial score (nSPS) is 10.7. The molecule has 0 saturated heterocycles. The first-order chi connectivity index (χ1) is 20.3. The zero-order valence-corrected chi connectivity index (χ0v) is 24.4. The summed E-state index contributed by atoms with van der Waals surface area (Å²) in [5, 5.41) is 10.9. The lowest BCUT2D eigenvalue weighted by molar-refractivity contribution is 0.102. The predicted molar refractivity (Wildman–Crippen MR) is 161 cm³/mol. The smallest absolute Gasteiger partial charge is 0.272 e. The summed E-state index contributed by atoms with van der Waals surface area (Å²) in [5.74, 6) is 2.22. The van der Waals surface area contributed by atoms with Crippen molar-refractivity contribution in [2.45, 2.75) is 0 Å². The minimum atomic E-state index is -0.319. The Morgan fingerprint density at radius 3 is 2.38 bits per heavy atom. The molecule has 0 aliphatic rings. The number of anilines is 4. The second kappa shape index (κ2) is 12.2. The van der Waals surface area contributed by atoms with E-state index in [9.17, 15) is 4.79 Å². The lowest BCUT2D eigenvalue weighted by Crippen LogP contribution is -2.12. The predicted octanol–water partition coefficient (Wildman–Crippen LogP) is 6.13. The molecule has 1 amide bonds. The Hall–Kier alpha value is -5.01. The van der Waals surface area contributed by atoms with Crippen LogP contribution in [0.4, 0.5) is 22.3 Å². The van der Waals surface area contributed by atoms with Crippen molar-refractivity contribution in [3.63, 3.8) is 0 Å². The van der Waals surface area contributed by atoms with Crippen LogP contribution < -0.4 is 35.3 Å². The number of methoxy groups -OCH3 is 4. The summed E-state index contributed by atoms with van der Waals surface area (Å²) in [5.41, 5.74) is 8.21. The number of nitrogens with two attached hydrogens (primary N) is 1. The number of amides is 1. The largest absolute Gasteiger partial charge is 0.497 e.